The van der Waals surface area contributed by atoms with Gasteiger partial charge in [0, 0.05) is 45.3 Å². The number of ether oxygens (including phenoxy) is 1. The summed E-state index contributed by atoms with van der Waals surface area (Å²) in [6.45, 7) is 9.60. The Kier molecular flexibility index (Phi) is 7.23. The summed E-state index contributed by atoms with van der Waals surface area (Å²) < 4.78 is 38.6. The van der Waals surface area contributed by atoms with Crippen molar-refractivity contribution in [3.63, 3.8) is 0 Å². The summed E-state index contributed by atoms with van der Waals surface area (Å²) in [7, 11) is -3.64. The van der Waals surface area contributed by atoms with E-state index in [1.807, 2.05) is 18.2 Å². The molecule has 9 heteroatoms. The average molecular weight is 476 g/mol. The van der Waals surface area contributed by atoms with E-state index in [0.29, 0.717) is 19.6 Å². The van der Waals surface area contributed by atoms with Gasteiger partial charge in [-0.25, -0.2) is 8.42 Å². The number of sulfonamides is 1. The third-order valence-electron chi connectivity index (χ3n) is 6.23. The largest absolute Gasteiger partial charge is 0.455 e. The molecule has 2 aliphatic rings. The van der Waals surface area contributed by atoms with Crippen LogP contribution in [0.3, 0.4) is 0 Å². The molecule has 2 fully saturated rings. The number of carbonyl (C=O) groups is 1. The molecule has 180 valence electrons. The summed E-state index contributed by atoms with van der Waals surface area (Å²) in [5.41, 5.74) is 2.16. The highest BCUT2D eigenvalue weighted by molar-refractivity contribution is 7.89. The SMILES string of the molecule is Cc1oc(C(=O)NCc2ccccc2CN2CC(C)OC(C)C2)cc1S(=O)(=O)N1CCCC1. The van der Waals surface area contributed by atoms with Crippen LogP contribution >= 0.6 is 0 Å². The maximum absolute atomic E-state index is 12.9. The van der Waals surface area contributed by atoms with Gasteiger partial charge in [-0.15, -0.1) is 0 Å². The Labute approximate surface area is 195 Å². The molecule has 0 radical (unpaired) electrons. The van der Waals surface area contributed by atoms with Crippen molar-refractivity contribution in [2.45, 2.75) is 63.8 Å². The summed E-state index contributed by atoms with van der Waals surface area (Å²) in [4.78, 5) is 15.2. The van der Waals surface area contributed by atoms with Gasteiger partial charge >= 0.3 is 0 Å². The van der Waals surface area contributed by atoms with Gasteiger partial charge in [0.1, 0.15) is 10.7 Å². The molecule has 1 aromatic carbocycles. The molecule has 1 aromatic heterocycles. The Morgan fingerprint density at radius 3 is 2.39 bits per heavy atom. The minimum atomic E-state index is -3.64. The van der Waals surface area contributed by atoms with Crippen molar-refractivity contribution in [3.8, 4) is 0 Å². The first kappa shape index (κ1) is 23.9. The molecule has 1 amide bonds. The number of furan rings is 1. The number of hydrogen-bond acceptors (Lipinski definition) is 6. The van der Waals surface area contributed by atoms with Crippen LogP contribution in [0.4, 0.5) is 0 Å². The molecule has 0 aliphatic carbocycles. The second kappa shape index (κ2) is 9.97. The van der Waals surface area contributed by atoms with Crippen LogP contribution in [0, 0.1) is 6.92 Å². The van der Waals surface area contributed by atoms with Crippen molar-refractivity contribution in [1.82, 2.24) is 14.5 Å². The molecule has 2 aliphatic heterocycles. The van der Waals surface area contributed by atoms with Gasteiger partial charge in [-0.1, -0.05) is 24.3 Å². The van der Waals surface area contributed by atoms with Crippen molar-refractivity contribution in [2.75, 3.05) is 26.2 Å². The lowest BCUT2D eigenvalue weighted by atomic mass is 10.1. The highest BCUT2D eigenvalue weighted by Crippen LogP contribution is 2.26. The summed E-state index contributed by atoms with van der Waals surface area (Å²) in [6.07, 6.45) is 2.08. The number of aryl methyl sites for hydroxylation is 1. The Hall–Kier alpha value is -2.20. The molecule has 0 spiro atoms. The number of carbonyl (C=O) groups excluding carboxylic acids is 1. The Balaban J connectivity index is 1.43. The van der Waals surface area contributed by atoms with Gasteiger partial charge in [0.05, 0.1) is 12.2 Å². The lowest BCUT2D eigenvalue weighted by molar-refractivity contribution is -0.0705. The zero-order chi connectivity index (χ0) is 23.6. The predicted octanol–water partition coefficient (Wildman–Crippen LogP) is 2.91. The number of morpholine rings is 1. The van der Waals surface area contributed by atoms with E-state index in [1.165, 1.54) is 10.4 Å². The van der Waals surface area contributed by atoms with E-state index in [2.05, 4.69) is 30.1 Å². The Bertz CT molecular complexity index is 1080. The van der Waals surface area contributed by atoms with Crippen molar-refractivity contribution < 1.29 is 22.4 Å². The van der Waals surface area contributed by atoms with Gasteiger partial charge in [0.15, 0.2) is 5.76 Å². The fourth-order valence-corrected chi connectivity index (χ4v) is 6.38. The summed E-state index contributed by atoms with van der Waals surface area (Å²) >= 11 is 0. The highest BCUT2D eigenvalue weighted by atomic mass is 32.2. The third-order valence-corrected chi connectivity index (χ3v) is 8.23. The Morgan fingerprint density at radius 1 is 1.09 bits per heavy atom. The van der Waals surface area contributed by atoms with Crippen LogP contribution in [0.15, 0.2) is 39.6 Å². The molecule has 33 heavy (non-hydrogen) atoms. The van der Waals surface area contributed by atoms with E-state index in [4.69, 9.17) is 9.15 Å². The van der Waals surface area contributed by atoms with Gasteiger partial charge in [0.2, 0.25) is 10.0 Å². The van der Waals surface area contributed by atoms with Gasteiger partial charge < -0.3 is 14.5 Å². The third kappa shape index (κ3) is 5.48. The minimum absolute atomic E-state index is 0.0126. The van der Waals surface area contributed by atoms with Gasteiger partial charge in [-0.2, -0.15) is 4.31 Å². The summed E-state index contributed by atoms with van der Waals surface area (Å²) in [6, 6.07) is 9.37. The highest BCUT2D eigenvalue weighted by Gasteiger charge is 2.31. The predicted molar refractivity (Wildman–Crippen MR) is 124 cm³/mol. The zero-order valence-electron chi connectivity index (χ0n) is 19.5. The van der Waals surface area contributed by atoms with E-state index >= 15 is 0 Å². The molecule has 2 atom stereocenters. The maximum atomic E-state index is 12.9. The van der Waals surface area contributed by atoms with E-state index < -0.39 is 15.9 Å². The van der Waals surface area contributed by atoms with Crippen LogP contribution in [0.2, 0.25) is 0 Å². The minimum Gasteiger partial charge on any atom is -0.455 e. The topological polar surface area (TPSA) is 92.1 Å². The number of hydrogen-bond donors (Lipinski definition) is 1. The normalized spacial score (nSPS) is 22.5. The monoisotopic (exact) mass is 475 g/mol. The van der Waals surface area contributed by atoms with Gasteiger partial charge in [-0.05, 0) is 44.7 Å². The molecule has 8 nitrogen and oxygen atoms in total. The molecule has 4 rings (SSSR count). The molecule has 2 aromatic rings. The number of rotatable bonds is 7. The zero-order valence-corrected chi connectivity index (χ0v) is 20.4. The smallest absolute Gasteiger partial charge is 0.287 e. The van der Waals surface area contributed by atoms with Crippen LogP contribution in [0.25, 0.3) is 0 Å². The van der Waals surface area contributed by atoms with E-state index in [1.54, 1.807) is 6.92 Å². The van der Waals surface area contributed by atoms with Gasteiger partial charge in [-0.3, -0.25) is 9.69 Å². The van der Waals surface area contributed by atoms with Crippen molar-refractivity contribution in [1.29, 1.82) is 0 Å². The van der Waals surface area contributed by atoms with Crippen molar-refractivity contribution in [2.24, 2.45) is 0 Å². The van der Waals surface area contributed by atoms with Crippen LogP contribution < -0.4 is 5.32 Å². The number of benzene rings is 1. The van der Waals surface area contributed by atoms with Crippen molar-refractivity contribution in [3.05, 3.63) is 53.0 Å². The lowest BCUT2D eigenvalue weighted by Crippen LogP contribution is -2.45. The van der Waals surface area contributed by atoms with Crippen LogP contribution in [-0.4, -0.2) is 61.9 Å². The van der Waals surface area contributed by atoms with Crippen LogP contribution in [0.5, 0.6) is 0 Å². The molecule has 0 saturated carbocycles. The molecular weight excluding hydrogens is 442 g/mol. The van der Waals surface area contributed by atoms with Crippen LogP contribution in [0.1, 0.15) is 54.1 Å². The molecule has 2 saturated heterocycles. The number of nitrogens with one attached hydrogen (secondary N) is 1. The van der Waals surface area contributed by atoms with Crippen molar-refractivity contribution >= 4 is 15.9 Å². The standard InChI is InChI=1S/C24H33N3O5S/c1-17-14-26(15-18(2)31-17)16-21-9-5-4-8-20(21)13-25-24(28)22-12-23(19(3)32-22)33(29,30)27-10-6-7-11-27/h4-5,8-9,12,17-18H,6-7,10-11,13-16H2,1-3H3,(H,25,28). The van der Waals surface area contributed by atoms with E-state index in [-0.39, 0.29) is 28.6 Å². The first-order valence-corrected chi connectivity index (χ1v) is 13.0. The lowest BCUT2D eigenvalue weighted by Gasteiger charge is -2.35. The van der Waals surface area contributed by atoms with E-state index in [0.717, 1.165) is 43.6 Å². The fourth-order valence-electron chi connectivity index (χ4n) is 4.70. The second-order valence-corrected chi connectivity index (χ2v) is 11.0. The summed E-state index contributed by atoms with van der Waals surface area (Å²) in [5, 5.41) is 2.89. The molecular formula is C24H33N3O5S. The molecule has 2 unspecified atom stereocenters. The fraction of sp³-hybridized carbons (Fsp3) is 0.542. The average Bonchev–Trinajstić information content (AvgIpc) is 3.43. The second-order valence-electron chi connectivity index (χ2n) is 9.05. The Morgan fingerprint density at radius 2 is 1.73 bits per heavy atom. The van der Waals surface area contributed by atoms with Crippen LogP contribution in [-0.2, 0) is 27.8 Å². The maximum Gasteiger partial charge on any atom is 0.287 e. The molecule has 1 N–H and O–H groups in total. The molecule has 3 heterocycles. The number of nitrogens with zero attached hydrogens (tertiary/aromatic N) is 2. The first-order valence-electron chi connectivity index (χ1n) is 11.6. The van der Waals surface area contributed by atoms with E-state index in [9.17, 15) is 13.2 Å². The first-order chi connectivity index (χ1) is 15.7. The quantitative estimate of drug-likeness (QED) is 0.662. The molecule has 0 bridgehead atoms. The summed E-state index contributed by atoms with van der Waals surface area (Å²) in [5.74, 6) is -0.175. The van der Waals surface area contributed by atoms with Gasteiger partial charge in [0.25, 0.3) is 5.91 Å². The number of amides is 1.